The molecule has 6 heteroatoms. The summed E-state index contributed by atoms with van der Waals surface area (Å²) in [7, 11) is 1.32. The molecule has 0 saturated heterocycles. The smallest absolute Gasteiger partial charge is 0.416 e. The number of hydrogen-bond acceptors (Lipinski definition) is 2. The highest BCUT2D eigenvalue weighted by atomic mass is 19.4. The molecular formula is C14H15F3O3. The van der Waals surface area contributed by atoms with Gasteiger partial charge in [-0.15, -0.1) is 0 Å². The van der Waals surface area contributed by atoms with Crippen LogP contribution in [-0.4, -0.2) is 18.2 Å². The minimum absolute atomic E-state index is 0.0901. The van der Waals surface area contributed by atoms with Crippen molar-refractivity contribution in [2.24, 2.45) is 5.41 Å². The van der Waals surface area contributed by atoms with E-state index >= 15 is 0 Å². The lowest BCUT2D eigenvalue weighted by molar-refractivity contribution is -0.142. The third-order valence-electron chi connectivity index (χ3n) is 4.09. The van der Waals surface area contributed by atoms with Gasteiger partial charge in [0.2, 0.25) is 0 Å². The lowest BCUT2D eigenvalue weighted by atomic mass is 9.86. The first kappa shape index (κ1) is 14.7. The third kappa shape index (κ3) is 1.94. The third-order valence-corrected chi connectivity index (χ3v) is 4.09. The molecule has 1 saturated carbocycles. The fourth-order valence-electron chi connectivity index (χ4n) is 2.78. The number of alkyl halides is 3. The summed E-state index contributed by atoms with van der Waals surface area (Å²) in [6.07, 6.45) is -4.23. The number of carboxylic acids is 1. The van der Waals surface area contributed by atoms with Gasteiger partial charge < -0.3 is 9.84 Å². The van der Waals surface area contributed by atoms with Crippen LogP contribution < -0.4 is 4.74 Å². The molecule has 1 N–H and O–H groups in total. The molecule has 1 unspecified atom stereocenters. The van der Waals surface area contributed by atoms with Gasteiger partial charge in [0.25, 0.3) is 0 Å². The van der Waals surface area contributed by atoms with Crippen molar-refractivity contribution in [3.8, 4) is 5.75 Å². The Kier molecular flexibility index (Phi) is 3.04. The van der Waals surface area contributed by atoms with Crippen molar-refractivity contribution in [2.75, 3.05) is 7.11 Å². The fraction of sp³-hybridized carbons (Fsp3) is 0.500. The molecule has 3 nitrogen and oxygen atoms in total. The molecule has 1 aromatic carbocycles. The Morgan fingerprint density at radius 1 is 1.35 bits per heavy atom. The second-order valence-corrected chi connectivity index (χ2v) is 5.68. The number of halogens is 3. The van der Waals surface area contributed by atoms with E-state index in [4.69, 9.17) is 4.74 Å². The van der Waals surface area contributed by atoms with Gasteiger partial charge in [-0.25, -0.2) is 0 Å². The van der Waals surface area contributed by atoms with E-state index in [1.807, 2.05) is 0 Å². The zero-order valence-corrected chi connectivity index (χ0v) is 11.3. The number of benzene rings is 1. The summed E-state index contributed by atoms with van der Waals surface area (Å²) in [6.45, 7) is 3.45. The molecule has 1 aromatic rings. The lowest BCUT2D eigenvalue weighted by Crippen LogP contribution is -2.26. The van der Waals surface area contributed by atoms with Crippen molar-refractivity contribution in [1.29, 1.82) is 0 Å². The van der Waals surface area contributed by atoms with E-state index in [1.165, 1.54) is 13.2 Å². The van der Waals surface area contributed by atoms with Crippen LogP contribution in [0.4, 0.5) is 13.2 Å². The lowest BCUT2D eigenvalue weighted by Gasteiger charge is -2.20. The molecule has 1 atom stereocenters. The summed E-state index contributed by atoms with van der Waals surface area (Å²) in [5.74, 6) is -0.953. The first-order chi connectivity index (χ1) is 9.06. The van der Waals surface area contributed by atoms with E-state index in [2.05, 4.69) is 0 Å². The molecule has 1 aliphatic rings. The Morgan fingerprint density at radius 3 is 2.25 bits per heavy atom. The molecule has 110 valence electrons. The molecule has 0 bridgehead atoms. The molecule has 0 aromatic heterocycles. The Labute approximate surface area is 114 Å². The molecule has 0 radical (unpaired) electrons. The molecule has 2 rings (SSSR count). The number of ether oxygens (including phenoxy) is 1. The number of methoxy groups -OCH3 is 1. The SMILES string of the molecule is COc1ccc(C(F)(F)F)cc1C1(C(=O)O)CC1(C)C. The highest BCUT2D eigenvalue weighted by Gasteiger charge is 2.69. The molecule has 0 heterocycles. The standard InChI is InChI=1S/C14H15F3O3/c1-12(2)7-13(12,11(18)19)9-6-8(14(15,16)17)4-5-10(9)20-3/h4-6H,7H2,1-3H3,(H,18,19). The van der Waals surface area contributed by atoms with Crippen molar-refractivity contribution in [3.05, 3.63) is 29.3 Å². The van der Waals surface area contributed by atoms with Crippen LogP contribution in [0.15, 0.2) is 18.2 Å². The fourth-order valence-corrected chi connectivity index (χ4v) is 2.78. The quantitative estimate of drug-likeness (QED) is 0.926. The van der Waals surface area contributed by atoms with Gasteiger partial charge in [-0.05, 0) is 30.0 Å². The minimum atomic E-state index is -4.51. The minimum Gasteiger partial charge on any atom is -0.496 e. The van der Waals surface area contributed by atoms with Crippen LogP contribution >= 0.6 is 0 Å². The van der Waals surface area contributed by atoms with Gasteiger partial charge in [0, 0.05) is 5.56 Å². The molecule has 0 amide bonds. The van der Waals surface area contributed by atoms with Gasteiger partial charge in [-0.2, -0.15) is 13.2 Å². The van der Waals surface area contributed by atoms with Crippen LogP contribution in [-0.2, 0) is 16.4 Å². The first-order valence-electron chi connectivity index (χ1n) is 6.05. The second kappa shape index (κ2) is 4.14. The summed E-state index contributed by atoms with van der Waals surface area (Å²) in [6, 6.07) is 2.96. The maximum absolute atomic E-state index is 12.8. The molecule has 1 aliphatic carbocycles. The highest BCUT2D eigenvalue weighted by Crippen LogP contribution is 2.66. The number of rotatable bonds is 3. The molecule has 1 fully saturated rings. The normalized spacial score (nSPS) is 24.3. The van der Waals surface area contributed by atoms with E-state index in [1.54, 1.807) is 13.8 Å². The Morgan fingerprint density at radius 2 is 1.90 bits per heavy atom. The number of hydrogen-bond donors (Lipinski definition) is 1. The predicted octanol–water partition coefficient (Wildman–Crippen LogP) is 3.47. The largest absolute Gasteiger partial charge is 0.496 e. The van der Waals surface area contributed by atoms with Gasteiger partial charge in [0.15, 0.2) is 0 Å². The van der Waals surface area contributed by atoms with Gasteiger partial charge in [-0.3, -0.25) is 4.79 Å². The molecule has 0 spiro atoms. The highest BCUT2D eigenvalue weighted by molar-refractivity contribution is 5.88. The summed E-state index contributed by atoms with van der Waals surface area (Å²) in [4.78, 5) is 11.6. The maximum atomic E-state index is 12.8. The van der Waals surface area contributed by atoms with Gasteiger partial charge in [-0.1, -0.05) is 13.8 Å². The number of carboxylic acid groups (broad SMARTS) is 1. The maximum Gasteiger partial charge on any atom is 0.416 e. The van der Waals surface area contributed by atoms with E-state index in [9.17, 15) is 23.1 Å². The topological polar surface area (TPSA) is 46.5 Å². The monoisotopic (exact) mass is 288 g/mol. The van der Waals surface area contributed by atoms with E-state index < -0.39 is 28.5 Å². The number of carbonyl (C=O) groups is 1. The van der Waals surface area contributed by atoms with Crippen LogP contribution in [0.5, 0.6) is 5.75 Å². The second-order valence-electron chi connectivity index (χ2n) is 5.68. The van der Waals surface area contributed by atoms with Crippen molar-refractivity contribution in [1.82, 2.24) is 0 Å². The van der Waals surface area contributed by atoms with Crippen molar-refractivity contribution >= 4 is 5.97 Å². The number of aliphatic carboxylic acids is 1. The predicted molar refractivity (Wildman–Crippen MR) is 65.7 cm³/mol. The van der Waals surface area contributed by atoms with Gasteiger partial charge in [0.1, 0.15) is 11.2 Å². The van der Waals surface area contributed by atoms with Crippen molar-refractivity contribution in [2.45, 2.75) is 31.9 Å². The van der Waals surface area contributed by atoms with Gasteiger partial charge in [0.05, 0.1) is 12.7 Å². The van der Waals surface area contributed by atoms with E-state index in [0.717, 1.165) is 12.1 Å². The molecular weight excluding hydrogens is 273 g/mol. The first-order valence-corrected chi connectivity index (χ1v) is 6.05. The zero-order valence-electron chi connectivity index (χ0n) is 11.3. The van der Waals surface area contributed by atoms with E-state index in [0.29, 0.717) is 0 Å². The Balaban J connectivity index is 2.64. The Hall–Kier alpha value is -1.72. The van der Waals surface area contributed by atoms with Crippen LogP contribution in [0.1, 0.15) is 31.4 Å². The van der Waals surface area contributed by atoms with Crippen LogP contribution in [0, 0.1) is 5.41 Å². The van der Waals surface area contributed by atoms with E-state index in [-0.39, 0.29) is 17.7 Å². The average Bonchev–Trinajstić information content (AvgIpc) is 2.92. The van der Waals surface area contributed by atoms with Crippen LogP contribution in [0.3, 0.4) is 0 Å². The Bertz CT molecular complexity index is 563. The summed E-state index contributed by atoms with van der Waals surface area (Å²) < 4.78 is 43.5. The summed E-state index contributed by atoms with van der Waals surface area (Å²) in [5, 5.41) is 9.47. The summed E-state index contributed by atoms with van der Waals surface area (Å²) >= 11 is 0. The molecule has 0 aliphatic heterocycles. The molecule has 20 heavy (non-hydrogen) atoms. The zero-order chi connectivity index (χ0) is 15.3. The average molecular weight is 288 g/mol. The summed E-state index contributed by atoms with van der Waals surface area (Å²) in [5.41, 5.74) is -2.69. The van der Waals surface area contributed by atoms with Gasteiger partial charge >= 0.3 is 12.1 Å². The van der Waals surface area contributed by atoms with Crippen molar-refractivity contribution in [3.63, 3.8) is 0 Å². The van der Waals surface area contributed by atoms with Crippen LogP contribution in [0.25, 0.3) is 0 Å². The van der Waals surface area contributed by atoms with Crippen molar-refractivity contribution < 1.29 is 27.8 Å². The van der Waals surface area contributed by atoms with Crippen LogP contribution in [0.2, 0.25) is 0 Å².